The van der Waals surface area contributed by atoms with E-state index in [2.05, 4.69) is 15.1 Å². The van der Waals surface area contributed by atoms with E-state index in [0.29, 0.717) is 33.1 Å². The highest BCUT2D eigenvalue weighted by Gasteiger charge is 2.16. The zero-order valence-corrected chi connectivity index (χ0v) is 18.2. The van der Waals surface area contributed by atoms with Crippen LogP contribution in [-0.2, 0) is 5.75 Å². The van der Waals surface area contributed by atoms with Gasteiger partial charge in [0.1, 0.15) is 11.5 Å². The van der Waals surface area contributed by atoms with Gasteiger partial charge in [0.25, 0.3) is 0 Å². The van der Waals surface area contributed by atoms with Crippen molar-refractivity contribution in [1.29, 1.82) is 0 Å². The van der Waals surface area contributed by atoms with Crippen LogP contribution in [0, 0.1) is 6.92 Å². The first-order valence-corrected chi connectivity index (χ1v) is 10.4. The van der Waals surface area contributed by atoms with Gasteiger partial charge in [0.15, 0.2) is 10.8 Å². The topological polar surface area (TPSA) is 81.5 Å². The molecule has 0 saturated carbocycles. The Labute approximate surface area is 182 Å². The molecule has 1 N–H and O–H groups in total. The van der Waals surface area contributed by atoms with Crippen LogP contribution in [0.3, 0.4) is 0 Å². The van der Waals surface area contributed by atoms with E-state index in [-0.39, 0.29) is 5.69 Å². The first-order chi connectivity index (χ1) is 14.5. The molecule has 0 amide bonds. The van der Waals surface area contributed by atoms with Gasteiger partial charge in [-0.1, -0.05) is 35.5 Å². The monoisotopic (exact) mass is 442 g/mol. The number of hydrogen-bond donors (Lipinski definition) is 1. The molecule has 0 fully saturated rings. The molecule has 4 rings (SSSR count). The maximum atomic E-state index is 12.6. The molecular weight excluding hydrogens is 424 g/mol. The SMILES string of the molecule is COc1cc(CSc2nc3c(-c4ccc(Cl)cc4)c(C)nn3c(=O)[nH]2)cc(OC)c1. The molecule has 0 bridgehead atoms. The molecule has 154 valence electrons. The zero-order valence-electron chi connectivity index (χ0n) is 16.6. The van der Waals surface area contributed by atoms with Crippen LogP contribution in [0.25, 0.3) is 16.8 Å². The Morgan fingerprint density at radius 3 is 2.40 bits per heavy atom. The second-order valence-electron chi connectivity index (χ2n) is 6.56. The lowest BCUT2D eigenvalue weighted by Gasteiger charge is -2.08. The van der Waals surface area contributed by atoms with Crippen molar-refractivity contribution in [2.24, 2.45) is 0 Å². The number of nitrogens with one attached hydrogen (secondary N) is 1. The fraction of sp³-hybridized carbons (Fsp3) is 0.190. The molecule has 0 spiro atoms. The molecule has 0 aliphatic heterocycles. The third-order valence-corrected chi connectivity index (χ3v) is 5.77. The second kappa shape index (κ2) is 8.41. The summed E-state index contributed by atoms with van der Waals surface area (Å²) in [6.07, 6.45) is 0. The van der Waals surface area contributed by atoms with Gasteiger partial charge < -0.3 is 9.47 Å². The molecule has 0 atom stereocenters. The molecular formula is C21H19ClN4O3S. The molecule has 0 aliphatic carbocycles. The van der Waals surface area contributed by atoms with Crippen molar-refractivity contribution in [2.75, 3.05) is 14.2 Å². The third kappa shape index (κ3) is 4.01. The number of thioether (sulfide) groups is 1. The number of aromatic amines is 1. The van der Waals surface area contributed by atoms with E-state index >= 15 is 0 Å². The van der Waals surface area contributed by atoms with Crippen molar-refractivity contribution in [3.05, 3.63) is 69.2 Å². The van der Waals surface area contributed by atoms with E-state index in [9.17, 15) is 4.79 Å². The lowest BCUT2D eigenvalue weighted by atomic mass is 10.1. The molecule has 2 aromatic carbocycles. The molecule has 0 saturated heterocycles. The normalized spacial score (nSPS) is 11.1. The maximum absolute atomic E-state index is 12.6. The first-order valence-electron chi connectivity index (χ1n) is 9.09. The van der Waals surface area contributed by atoms with Crippen molar-refractivity contribution in [3.8, 4) is 22.6 Å². The standard InChI is InChI=1S/C21H19ClN4O3S/c1-12-18(14-4-6-15(22)7-5-14)19-23-20(24-21(27)26(19)25-12)30-11-13-8-16(28-2)10-17(9-13)29-3/h4-10H,11H2,1-3H3,(H,23,24,27). The Kier molecular flexibility index (Phi) is 5.69. The number of nitrogens with zero attached hydrogens (tertiary/aromatic N) is 3. The Morgan fingerprint density at radius 2 is 1.77 bits per heavy atom. The van der Waals surface area contributed by atoms with Crippen LogP contribution in [0.1, 0.15) is 11.3 Å². The summed E-state index contributed by atoms with van der Waals surface area (Å²) in [5, 5.41) is 5.50. The largest absolute Gasteiger partial charge is 0.497 e. The number of rotatable bonds is 6. The Morgan fingerprint density at radius 1 is 1.10 bits per heavy atom. The van der Waals surface area contributed by atoms with Crippen LogP contribution >= 0.6 is 23.4 Å². The lowest BCUT2D eigenvalue weighted by molar-refractivity contribution is 0.393. The average molecular weight is 443 g/mol. The van der Waals surface area contributed by atoms with Gasteiger partial charge in [-0.25, -0.2) is 9.78 Å². The molecule has 7 nitrogen and oxygen atoms in total. The number of hydrogen-bond acceptors (Lipinski definition) is 6. The van der Waals surface area contributed by atoms with Crippen molar-refractivity contribution >= 4 is 29.0 Å². The molecule has 30 heavy (non-hydrogen) atoms. The summed E-state index contributed by atoms with van der Waals surface area (Å²) >= 11 is 7.43. The Hall–Kier alpha value is -2.97. The molecule has 2 aromatic heterocycles. The van der Waals surface area contributed by atoms with Crippen molar-refractivity contribution < 1.29 is 9.47 Å². The van der Waals surface area contributed by atoms with Crippen LogP contribution in [0.5, 0.6) is 11.5 Å². The average Bonchev–Trinajstić information content (AvgIpc) is 3.09. The van der Waals surface area contributed by atoms with Gasteiger partial charge >= 0.3 is 5.69 Å². The quantitative estimate of drug-likeness (QED) is 0.447. The number of ether oxygens (including phenoxy) is 2. The van der Waals surface area contributed by atoms with Gasteiger partial charge in [-0.3, -0.25) is 4.98 Å². The number of H-pyrrole nitrogens is 1. The summed E-state index contributed by atoms with van der Waals surface area (Å²) in [6, 6.07) is 13.1. The minimum Gasteiger partial charge on any atom is -0.497 e. The molecule has 0 aliphatic rings. The highest BCUT2D eigenvalue weighted by atomic mass is 35.5. The molecule has 9 heteroatoms. The molecule has 0 radical (unpaired) electrons. The summed E-state index contributed by atoms with van der Waals surface area (Å²) in [4.78, 5) is 20.1. The highest BCUT2D eigenvalue weighted by molar-refractivity contribution is 7.98. The van der Waals surface area contributed by atoms with Gasteiger partial charge in [-0.2, -0.15) is 9.61 Å². The van der Waals surface area contributed by atoms with Crippen LogP contribution in [0.2, 0.25) is 5.02 Å². The van der Waals surface area contributed by atoms with E-state index in [1.807, 2.05) is 37.3 Å². The van der Waals surface area contributed by atoms with E-state index in [1.165, 1.54) is 16.3 Å². The number of halogens is 1. The fourth-order valence-electron chi connectivity index (χ4n) is 3.15. The smallest absolute Gasteiger partial charge is 0.350 e. The summed E-state index contributed by atoms with van der Waals surface area (Å²) in [7, 11) is 3.22. The Bertz CT molecular complexity index is 1250. The second-order valence-corrected chi connectivity index (χ2v) is 7.96. The third-order valence-electron chi connectivity index (χ3n) is 4.57. The summed E-state index contributed by atoms with van der Waals surface area (Å²) in [5.41, 5.74) is 3.58. The van der Waals surface area contributed by atoms with Crippen LogP contribution in [0.4, 0.5) is 0 Å². The predicted octanol–water partition coefficient (Wildman–Crippen LogP) is 4.36. The summed E-state index contributed by atoms with van der Waals surface area (Å²) in [5.74, 6) is 1.99. The van der Waals surface area contributed by atoms with Crippen LogP contribution < -0.4 is 15.2 Å². The maximum Gasteiger partial charge on any atom is 0.350 e. The highest BCUT2D eigenvalue weighted by Crippen LogP contribution is 2.30. The van der Waals surface area contributed by atoms with Crippen LogP contribution in [0.15, 0.2) is 52.4 Å². The van der Waals surface area contributed by atoms with E-state index < -0.39 is 0 Å². The number of fused-ring (bicyclic) bond motifs is 1. The van der Waals surface area contributed by atoms with Crippen molar-refractivity contribution in [3.63, 3.8) is 0 Å². The van der Waals surface area contributed by atoms with Gasteiger partial charge in [-0.15, -0.1) is 0 Å². The first kappa shape index (κ1) is 20.3. The Balaban J connectivity index is 1.70. The van der Waals surface area contributed by atoms with Crippen molar-refractivity contribution in [1.82, 2.24) is 19.6 Å². The molecule has 0 unspecified atom stereocenters. The number of methoxy groups -OCH3 is 2. The van der Waals surface area contributed by atoms with E-state index in [0.717, 1.165) is 22.4 Å². The van der Waals surface area contributed by atoms with Gasteiger partial charge in [0, 0.05) is 22.4 Å². The molecule has 4 aromatic rings. The van der Waals surface area contributed by atoms with Gasteiger partial charge in [0.05, 0.1) is 19.9 Å². The van der Waals surface area contributed by atoms with Gasteiger partial charge in [-0.05, 0) is 42.3 Å². The number of benzene rings is 2. The minimum atomic E-state index is -0.339. The fourth-order valence-corrected chi connectivity index (χ4v) is 4.06. The minimum absolute atomic E-state index is 0.339. The summed E-state index contributed by atoms with van der Waals surface area (Å²) in [6.45, 7) is 1.85. The number of aryl methyl sites for hydroxylation is 1. The number of aromatic nitrogens is 4. The lowest BCUT2D eigenvalue weighted by Crippen LogP contribution is -2.19. The van der Waals surface area contributed by atoms with E-state index in [4.69, 9.17) is 21.1 Å². The zero-order chi connectivity index (χ0) is 21.3. The predicted molar refractivity (Wildman–Crippen MR) is 118 cm³/mol. The van der Waals surface area contributed by atoms with E-state index in [1.54, 1.807) is 26.4 Å². The van der Waals surface area contributed by atoms with Crippen molar-refractivity contribution in [2.45, 2.75) is 17.8 Å². The summed E-state index contributed by atoms with van der Waals surface area (Å²) < 4.78 is 11.9. The van der Waals surface area contributed by atoms with Gasteiger partial charge in [0.2, 0.25) is 0 Å². The van der Waals surface area contributed by atoms with Crippen LogP contribution in [-0.4, -0.2) is 33.8 Å². The molecule has 2 heterocycles.